The van der Waals surface area contributed by atoms with E-state index in [1.54, 1.807) is 19.4 Å². The number of allylic oxidation sites excluding steroid dienone is 4. The van der Waals surface area contributed by atoms with Gasteiger partial charge < -0.3 is 25.0 Å². The van der Waals surface area contributed by atoms with Gasteiger partial charge in [0.25, 0.3) is 0 Å². The molecule has 0 aliphatic heterocycles. The molecule has 0 heterocycles. The highest BCUT2D eigenvalue weighted by Crippen LogP contribution is 2.60. The highest BCUT2D eigenvalue weighted by molar-refractivity contribution is 5.81. The van der Waals surface area contributed by atoms with Crippen molar-refractivity contribution < 1.29 is 29.3 Å². The van der Waals surface area contributed by atoms with Crippen LogP contribution in [0.2, 0.25) is 0 Å². The molecular formula is C41H69NO6. The number of nitrogens with one attached hydrogen (secondary N) is 1. The van der Waals surface area contributed by atoms with Crippen molar-refractivity contribution in [3.05, 3.63) is 35.5 Å². The Bertz CT molecular complexity index is 1160. The number of amides is 1. The number of hydrogen-bond donors (Lipinski definition) is 3. The second kappa shape index (κ2) is 17.3. The molecule has 3 fully saturated rings. The van der Waals surface area contributed by atoms with Gasteiger partial charge in [0.15, 0.2) is 0 Å². The van der Waals surface area contributed by atoms with Gasteiger partial charge in [-0.05, 0) is 127 Å². The van der Waals surface area contributed by atoms with E-state index in [9.17, 15) is 14.7 Å². The van der Waals surface area contributed by atoms with Crippen molar-refractivity contribution in [2.75, 3.05) is 19.8 Å². The van der Waals surface area contributed by atoms with E-state index >= 15 is 0 Å². The molecule has 3 rings (SSSR count). The maximum atomic E-state index is 12.8. The Hall–Kier alpha value is -1.96. The number of aliphatic hydroxyl groups is 1. The van der Waals surface area contributed by atoms with E-state index in [1.165, 1.54) is 49.7 Å². The maximum Gasteiger partial charge on any atom is 0.306 e. The molecule has 3 aliphatic rings. The van der Waals surface area contributed by atoms with Gasteiger partial charge in [0.05, 0.1) is 23.7 Å². The molecule has 0 aromatic rings. The molecule has 7 heteroatoms. The number of hydrogen-bond acceptors (Lipinski definition) is 5. The molecule has 5 atom stereocenters. The minimum atomic E-state index is -0.895. The SMILES string of the molecule is C=C1CC[C@H](OCCCNC(=O)C(C)(C)CCOC(C)(C)CC(=O)O)C/C1=C/C=C1\CCC[C@]2(C)C([C@H](C)CCCC(C)(C)O)CC[C@@H]12. The third kappa shape index (κ3) is 12.1. The fourth-order valence-electron chi connectivity index (χ4n) is 8.67. The first-order valence-electron chi connectivity index (χ1n) is 18.9. The minimum Gasteiger partial charge on any atom is -0.481 e. The van der Waals surface area contributed by atoms with E-state index in [0.717, 1.165) is 44.4 Å². The number of carboxylic acid groups (broad SMARTS) is 1. The first-order valence-corrected chi connectivity index (χ1v) is 18.9. The van der Waals surface area contributed by atoms with Gasteiger partial charge in [0, 0.05) is 25.2 Å². The van der Waals surface area contributed by atoms with Gasteiger partial charge in [0.2, 0.25) is 5.91 Å². The molecule has 0 radical (unpaired) electrons. The summed E-state index contributed by atoms with van der Waals surface area (Å²) in [6, 6.07) is 0. The summed E-state index contributed by atoms with van der Waals surface area (Å²) in [5.74, 6) is 1.20. The zero-order valence-corrected chi connectivity index (χ0v) is 31.7. The van der Waals surface area contributed by atoms with Gasteiger partial charge in [-0.2, -0.15) is 0 Å². The minimum absolute atomic E-state index is 0.0260. The molecule has 0 spiro atoms. The van der Waals surface area contributed by atoms with E-state index in [0.29, 0.717) is 43.4 Å². The molecule has 3 N–H and O–H groups in total. The van der Waals surface area contributed by atoms with Crippen molar-refractivity contribution in [2.45, 2.75) is 163 Å². The predicted molar refractivity (Wildman–Crippen MR) is 195 cm³/mol. The highest BCUT2D eigenvalue weighted by atomic mass is 16.5. The van der Waals surface area contributed by atoms with Crippen molar-refractivity contribution in [3.63, 3.8) is 0 Å². The summed E-state index contributed by atoms with van der Waals surface area (Å²) in [4.78, 5) is 23.8. The number of aliphatic carboxylic acids is 1. The standard InChI is InChI=1S/C41H69NO6/c1-29-15-18-33(47-25-12-24-42-37(45)38(3,4)23-26-48-40(7,8)28-36(43)44)27-32(29)17-16-31-14-11-22-41(9)34(19-20-35(31)41)30(2)13-10-21-39(5,6)46/h16-17,30,33-35,46H,1,10-15,18-28H2,2-9H3,(H,42,45)(H,43,44)/b31-16+,32-17-/t30-,33+,34?,35+,41-/m1/s1. The highest BCUT2D eigenvalue weighted by Gasteiger charge is 2.50. The summed E-state index contributed by atoms with van der Waals surface area (Å²) >= 11 is 0. The number of carboxylic acids is 1. The van der Waals surface area contributed by atoms with E-state index in [2.05, 4.69) is 37.9 Å². The molecule has 3 aliphatic carbocycles. The van der Waals surface area contributed by atoms with Gasteiger partial charge in [-0.15, -0.1) is 0 Å². The van der Waals surface area contributed by atoms with Crippen LogP contribution < -0.4 is 5.32 Å². The Morgan fingerprint density at radius 3 is 2.46 bits per heavy atom. The number of rotatable bonds is 18. The molecular weight excluding hydrogens is 602 g/mol. The number of fused-ring (bicyclic) bond motifs is 1. The van der Waals surface area contributed by atoms with E-state index in [1.807, 2.05) is 27.7 Å². The average molecular weight is 672 g/mol. The smallest absolute Gasteiger partial charge is 0.306 e. The molecule has 3 saturated carbocycles. The lowest BCUT2D eigenvalue weighted by Gasteiger charge is -2.44. The van der Waals surface area contributed by atoms with Gasteiger partial charge in [-0.25, -0.2) is 0 Å². The maximum absolute atomic E-state index is 12.8. The van der Waals surface area contributed by atoms with Crippen LogP contribution >= 0.6 is 0 Å². The first kappa shape index (κ1) is 40.5. The third-order valence-electron chi connectivity index (χ3n) is 11.7. The lowest BCUT2D eigenvalue weighted by atomic mass is 9.60. The number of carbonyl (C=O) groups is 2. The van der Waals surface area contributed by atoms with Crippen LogP contribution in [0.4, 0.5) is 0 Å². The average Bonchev–Trinajstić information content (AvgIpc) is 3.33. The van der Waals surface area contributed by atoms with Crippen LogP contribution in [0, 0.1) is 28.6 Å². The van der Waals surface area contributed by atoms with E-state index in [4.69, 9.17) is 14.6 Å². The normalized spacial score (nSPS) is 27.7. The largest absolute Gasteiger partial charge is 0.481 e. The van der Waals surface area contributed by atoms with Crippen LogP contribution in [0.15, 0.2) is 35.5 Å². The Kier molecular flexibility index (Phi) is 14.6. The summed E-state index contributed by atoms with van der Waals surface area (Å²) in [5, 5.41) is 22.3. The number of carbonyl (C=O) groups excluding carboxylic acids is 1. The van der Waals surface area contributed by atoms with Crippen LogP contribution in [-0.2, 0) is 19.1 Å². The Labute approximate surface area is 292 Å². The predicted octanol–water partition coefficient (Wildman–Crippen LogP) is 8.95. The number of ether oxygens (including phenoxy) is 2. The van der Waals surface area contributed by atoms with Gasteiger partial charge >= 0.3 is 5.97 Å². The van der Waals surface area contributed by atoms with Crippen LogP contribution in [-0.4, -0.2) is 59.2 Å². The van der Waals surface area contributed by atoms with Crippen LogP contribution in [0.25, 0.3) is 0 Å². The zero-order chi connectivity index (χ0) is 35.8. The third-order valence-corrected chi connectivity index (χ3v) is 11.7. The summed E-state index contributed by atoms with van der Waals surface area (Å²) in [6.45, 7) is 22.1. The Balaban J connectivity index is 1.45. The fourth-order valence-corrected chi connectivity index (χ4v) is 8.67. The second-order valence-corrected chi connectivity index (χ2v) is 17.5. The molecule has 0 bridgehead atoms. The van der Waals surface area contributed by atoms with E-state index < -0.39 is 22.6 Å². The molecule has 0 aromatic heterocycles. The van der Waals surface area contributed by atoms with Gasteiger partial charge in [0.1, 0.15) is 0 Å². The van der Waals surface area contributed by atoms with Crippen LogP contribution in [0.5, 0.6) is 0 Å². The summed E-state index contributed by atoms with van der Waals surface area (Å²) in [7, 11) is 0. The Morgan fingerprint density at radius 2 is 1.77 bits per heavy atom. The fraction of sp³-hybridized carbons (Fsp3) is 0.805. The van der Waals surface area contributed by atoms with Crippen molar-refractivity contribution >= 4 is 11.9 Å². The van der Waals surface area contributed by atoms with Crippen molar-refractivity contribution in [1.29, 1.82) is 0 Å². The molecule has 0 saturated heterocycles. The molecule has 48 heavy (non-hydrogen) atoms. The first-order chi connectivity index (χ1) is 22.3. The van der Waals surface area contributed by atoms with Crippen molar-refractivity contribution in [1.82, 2.24) is 5.32 Å². The monoisotopic (exact) mass is 672 g/mol. The van der Waals surface area contributed by atoms with Gasteiger partial charge in [-0.1, -0.05) is 70.4 Å². The molecule has 7 nitrogen and oxygen atoms in total. The molecule has 0 aromatic carbocycles. The van der Waals surface area contributed by atoms with E-state index in [-0.39, 0.29) is 18.4 Å². The Morgan fingerprint density at radius 1 is 1.04 bits per heavy atom. The quantitative estimate of drug-likeness (QED) is 0.126. The molecule has 274 valence electrons. The van der Waals surface area contributed by atoms with Crippen molar-refractivity contribution in [2.24, 2.45) is 28.6 Å². The summed E-state index contributed by atoms with van der Waals surface area (Å²) < 4.78 is 12.1. The molecule has 1 unspecified atom stereocenters. The molecule has 1 amide bonds. The lowest BCUT2D eigenvalue weighted by molar-refractivity contribution is -0.145. The summed E-state index contributed by atoms with van der Waals surface area (Å²) in [5.41, 5.74) is 2.63. The van der Waals surface area contributed by atoms with Crippen LogP contribution in [0.1, 0.15) is 145 Å². The zero-order valence-electron chi connectivity index (χ0n) is 31.7. The summed E-state index contributed by atoms with van der Waals surface area (Å²) in [6.07, 6.45) is 18.6. The van der Waals surface area contributed by atoms with Crippen LogP contribution in [0.3, 0.4) is 0 Å². The lowest BCUT2D eigenvalue weighted by Crippen LogP contribution is -2.39. The van der Waals surface area contributed by atoms with Gasteiger partial charge in [-0.3, -0.25) is 9.59 Å². The topological polar surface area (TPSA) is 105 Å². The second-order valence-electron chi connectivity index (χ2n) is 17.5. The van der Waals surface area contributed by atoms with Crippen molar-refractivity contribution in [3.8, 4) is 0 Å².